The van der Waals surface area contributed by atoms with E-state index in [0.717, 1.165) is 22.5 Å². The van der Waals surface area contributed by atoms with Gasteiger partial charge in [0.1, 0.15) is 6.54 Å². The maximum atomic E-state index is 12.5. The molecule has 0 radical (unpaired) electrons. The van der Waals surface area contributed by atoms with E-state index < -0.39 is 17.8 Å². The van der Waals surface area contributed by atoms with E-state index in [1.807, 2.05) is 13.8 Å². The fourth-order valence-electron chi connectivity index (χ4n) is 2.14. The molecule has 10 heteroatoms. The Balaban J connectivity index is 1.81. The molecule has 2 rings (SSSR count). The predicted octanol–water partition coefficient (Wildman–Crippen LogP) is 2.75. The third-order valence-electron chi connectivity index (χ3n) is 3.36. The van der Waals surface area contributed by atoms with Crippen molar-refractivity contribution in [3.63, 3.8) is 0 Å². The fourth-order valence-corrected chi connectivity index (χ4v) is 2.14. The van der Waals surface area contributed by atoms with Crippen LogP contribution in [0.4, 0.5) is 23.7 Å². The van der Waals surface area contributed by atoms with Gasteiger partial charge in [-0.3, -0.25) is 9.48 Å². The number of nitrogens with zero attached hydrogens (tertiary/aromatic N) is 2. The Labute approximate surface area is 153 Å². The number of carbonyl (C=O) groups excluding carboxylic acids is 2. The summed E-state index contributed by atoms with van der Waals surface area (Å²) in [7, 11) is 0. The van der Waals surface area contributed by atoms with E-state index in [1.165, 1.54) is 0 Å². The molecule has 0 spiro atoms. The van der Waals surface area contributed by atoms with E-state index >= 15 is 0 Å². The van der Waals surface area contributed by atoms with Crippen LogP contribution in [-0.2, 0) is 24.1 Å². The first-order valence-electron chi connectivity index (χ1n) is 8.17. The minimum atomic E-state index is -4.54. The van der Waals surface area contributed by atoms with Gasteiger partial charge < -0.3 is 16.0 Å². The van der Waals surface area contributed by atoms with Crippen molar-refractivity contribution in [2.75, 3.05) is 5.32 Å². The number of hydrogen-bond acceptors (Lipinski definition) is 3. The molecular formula is C17H20F3N5O2. The highest BCUT2D eigenvalue weighted by Crippen LogP contribution is 2.27. The number of aromatic nitrogens is 2. The SMILES string of the molecule is CC(C)NC(=O)Nc1ccc(CNC(=O)Cn2ccc(C(F)(F)F)n2)cc1. The molecule has 0 bridgehead atoms. The van der Waals surface area contributed by atoms with Gasteiger partial charge in [0.15, 0.2) is 5.69 Å². The van der Waals surface area contributed by atoms with Crippen LogP contribution < -0.4 is 16.0 Å². The Bertz CT molecular complexity index is 785. The number of carbonyl (C=O) groups is 2. The molecule has 1 aromatic carbocycles. The third-order valence-corrected chi connectivity index (χ3v) is 3.36. The van der Waals surface area contributed by atoms with Gasteiger partial charge in [-0.1, -0.05) is 12.1 Å². The van der Waals surface area contributed by atoms with Gasteiger partial charge in [-0.15, -0.1) is 0 Å². The second-order valence-electron chi connectivity index (χ2n) is 6.12. The molecule has 0 aliphatic heterocycles. The van der Waals surface area contributed by atoms with Gasteiger partial charge >= 0.3 is 12.2 Å². The summed E-state index contributed by atoms with van der Waals surface area (Å²) in [5, 5.41) is 11.3. The maximum absolute atomic E-state index is 12.5. The summed E-state index contributed by atoms with van der Waals surface area (Å²) in [6.45, 7) is 3.58. The van der Waals surface area contributed by atoms with Gasteiger partial charge in [-0.05, 0) is 37.6 Å². The highest BCUT2D eigenvalue weighted by Gasteiger charge is 2.33. The molecule has 0 atom stereocenters. The first kappa shape index (κ1) is 20.3. The highest BCUT2D eigenvalue weighted by molar-refractivity contribution is 5.89. The summed E-state index contributed by atoms with van der Waals surface area (Å²) in [5.74, 6) is -0.467. The standard InChI is InChI=1S/C17H20F3N5O2/c1-11(2)22-16(27)23-13-5-3-12(4-6-13)9-21-15(26)10-25-8-7-14(24-25)17(18,19)20/h3-8,11H,9-10H2,1-2H3,(H,21,26)(H2,22,23,27). The van der Waals surface area contributed by atoms with Gasteiger partial charge in [-0.2, -0.15) is 18.3 Å². The molecule has 27 heavy (non-hydrogen) atoms. The van der Waals surface area contributed by atoms with Gasteiger partial charge in [-0.25, -0.2) is 4.79 Å². The van der Waals surface area contributed by atoms with E-state index in [-0.39, 0.29) is 25.2 Å². The van der Waals surface area contributed by atoms with E-state index in [9.17, 15) is 22.8 Å². The number of halogens is 3. The second kappa shape index (κ2) is 8.56. The lowest BCUT2D eigenvalue weighted by Crippen LogP contribution is -2.34. The van der Waals surface area contributed by atoms with Crippen LogP contribution in [0.1, 0.15) is 25.1 Å². The zero-order valence-corrected chi connectivity index (χ0v) is 14.8. The molecule has 3 N–H and O–H groups in total. The Morgan fingerprint density at radius 3 is 2.37 bits per heavy atom. The molecule has 0 saturated carbocycles. The lowest BCUT2D eigenvalue weighted by molar-refractivity contribution is -0.141. The Kier molecular flexibility index (Phi) is 6.43. The quantitative estimate of drug-likeness (QED) is 0.717. The minimum Gasteiger partial charge on any atom is -0.350 e. The van der Waals surface area contributed by atoms with Crippen molar-refractivity contribution in [2.24, 2.45) is 0 Å². The van der Waals surface area contributed by atoms with Gasteiger partial charge in [0.2, 0.25) is 5.91 Å². The van der Waals surface area contributed by atoms with Crippen LogP contribution in [0.15, 0.2) is 36.5 Å². The van der Waals surface area contributed by atoms with Crippen LogP contribution in [0.25, 0.3) is 0 Å². The molecular weight excluding hydrogens is 363 g/mol. The summed E-state index contributed by atoms with van der Waals surface area (Å²) < 4.78 is 38.4. The van der Waals surface area contributed by atoms with E-state index in [4.69, 9.17) is 0 Å². The van der Waals surface area contributed by atoms with Crippen molar-refractivity contribution in [3.8, 4) is 0 Å². The third kappa shape index (κ3) is 6.65. The Morgan fingerprint density at radius 1 is 1.15 bits per heavy atom. The summed E-state index contributed by atoms with van der Waals surface area (Å²) in [5.41, 5.74) is 0.328. The van der Waals surface area contributed by atoms with Crippen LogP contribution in [0.5, 0.6) is 0 Å². The van der Waals surface area contributed by atoms with Gasteiger partial charge in [0.25, 0.3) is 0 Å². The number of anilines is 1. The molecule has 146 valence electrons. The van der Waals surface area contributed by atoms with Gasteiger partial charge in [0.05, 0.1) is 0 Å². The van der Waals surface area contributed by atoms with E-state index in [0.29, 0.717) is 5.69 Å². The molecule has 0 aliphatic carbocycles. The number of hydrogen-bond donors (Lipinski definition) is 3. The number of nitrogens with one attached hydrogen (secondary N) is 3. The zero-order chi connectivity index (χ0) is 20.0. The fraction of sp³-hybridized carbons (Fsp3) is 0.353. The van der Waals surface area contributed by atoms with Gasteiger partial charge in [0, 0.05) is 24.5 Å². The van der Waals surface area contributed by atoms with Crippen LogP contribution in [0.3, 0.4) is 0 Å². The molecule has 1 heterocycles. The van der Waals surface area contributed by atoms with Crippen molar-refractivity contribution < 1.29 is 22.8 Å². The topological polar surface area (TPSA) is 88.0 Å². The van der Waals surface area contributed by atoms with Crippen LogP contribution >= 0.6 is 0 Å². The number of benzene rings is 1. The predicted molar refractivity (Wildman–Crippen MR) is 92.8 cm³/mol. The van der Waals surface area contributed by atoms with Crippen molar-refractivity contribution in [1.29, 1.82) is 0 Å². The van der Waals surface area contributed by atoms with E-state index in [1.54, 1.807) is 24.3 Å². The molecule has 0 unspecified atom stereocenters. The largest absolute Gasteiger partial charge is 0.435 e. The molecule has 7 nitrogen and oxygen atoms in total. The van der Waals surface area contributed by atoms with Crippen LogP contribution in [-0.4, -0.2) is 27.8 Å². The Morgan fingerprint density at radius 2 is 1.81 bits per heavy atom. The number of urea groups is 1. The molecule has 0 fully saturated rings. The summed E-state index contributed by atoms with van der Waals surface area (Å²) in [6.07, 6.45) is -3.44. The maximum Gasteiger partial charge on any atom is 0.435 e. The van der Waals surface area contributed by atoms with E-state index in [2.05, 4.69) is 21.0 Å². The van der Waals surface area contributed by atoms with Crippen molar-refractivity contribution in [3.05, 3.63) is 47.8 Å². The normalized spacial score (nSPS) is 11.3. The smallest absolute Gasteiger partial charge is 0.350 e. The summed E-state index contributed by atoms with van der Waals surface area (Å²) in [6, 6.07) is 7.33. The average Bonchev–Trinajstić information content (AvgIpc) is 3.02. The zero-order valence-electron chi connectivity index (χ0n) is 14.8. The molecule has 0 saturated heterocycles. The first-order valence-corrected chi connectivity index (χ1v) is 8.17. The van der Waals surface area contributed by atoms with Crippen molar-refractivity contribution >= 4 is 17.6 Å². The van der Waals surface area contributed by atoms with Crippen LogP contribution in [0, 0.1) is 0 Å². The van der Waals surface area contributed by atoms with Crippen molar-refractivity contribution in [1.82, 2.24) is 20.4 Å². The number of rotatable bonds is 6. The number of amides is 3. The molecule has 1 aromatic heterocycles. The highest BCUT2D eigenvalue weighted by atomic mass is 19.4. The minimum absolute atomic E-state index is 0.0153. The number of alkyl halides is 3. The summed E-state index contributed by atoms with van der Waals surface area (Å²) in [4.78, 5) is 23.4. The molecule has 2 aromatic rings. The van der Waals surface area contributed by atoms with Crippen LogP contribution in [0.2, 0.25) is 0 Å². The lowest BCUT2D eigenvalue weighted by atomic mass is 10.2. The summed E-state index contributed by atoms with van der Waals surface area (Å²) >= 11 is 0. The van der Waals surface area contributed by atoms with Crippen molar-refractivity contribution in [2.45, 2.75) is 39.2 Å². The first-order chi connectivity index (χ1) is 12.6. The second-order valence-corrected chi connectivity index (χ2v) is 6.12. The molecule has 3 amide bonds. The lowest BCUT2D eigenvalue weighted by Gasteiger charge is -2.11. The average molecular weight is 383 g/mol. The Hall–Kier alpha value is -3.04. The monoisotopic (exact) mass is 383 g/mol. The molecule has 0 aliphatic rings.